The number of aromatic nitrogens is 1. The van der Waals surface area contributed by atoms with Gasteiger partial charge in [-0.3, -0.25) is 14.2 Å². The molecule has 0 fully saturated rings. The summed E-state index contributed by atoms with van der Waals surface area (Å²) in [7, 11) is 1.38. The zero-order valence-corrected chi connectivity index (χ0v) is 16.8. The first-order valence-electron chi connectivity index (χ1n) is 8.66. The summed E-state index contributed by atoms with van der Waals surface area (Å²) in [6.07, 6.45) is 2.68. The summed E-state index contributed by atoms with van der Waals surface area (Å²) in [4.78, 5) is 28.1. The van der Waals surface area contributed by atoms with Gasteiger partial charge >= 0.3 is 5.97 Å². The highest BCUT2D eigenvalue weighted by molar-refractivity contribution is 7.73. The summed E-state index contributed by atoms with van der Waals surface area (Å²) in [5.41, 5.74) is 1.43. The lowest BCUT2D eigenvalue weighted by atomic mass is 10.1. The molecule has 2 heterocycles. The molecule has 1 N–H and O–H groups in total. The van der Waals surface area contributed by atoms with Crippen LogP contribution in [0.4, 0.5) is 0 Å². The molecule has 0 unspecified atom stereocenters. The average Bonchev–Trinajstić information content (AvgIpc) is 3.10. The van der Waals surface area contributed by atoms with Crippen LogP contribution in [0.15, 0.2) is 23.2 Å². The largest absolute Gasteiger partial charge is 0.493 e. The Morgan fingerprint density at radius 2 is 2.11 bits per heavy atom. The van der Waals surface area contributed by atoms with Crippen LogP contribution >= 0.6 is 23.6 Å². The van der Waals surface area contributed by atoms with Crippen LogP contribution in [0.5, 0.6) is 5.88 Å². The number of hydrogen-bond donors (Lipinski definition) is 1. The molecule has 8 heteroatoms. The first kappa shape index (κ1) is 19.4. The summed E-state index contributed by atoms with van der Waals surface area (Å²) >= 11 is 6.61. The fourth-order valence-electron chi connectivity index (χ4n) is 3.02. The first-order valence-corrected chi connectivity index (χ1v) is 9.88. The van der Waals surface area contributed by atoms with Crippen molar-refractivity contribution in [2.45, 2.75) is 39.2 Å². The van der Waals surface area contributed by atoms with Crippen LogP contribution in [0.2, 0.25) is 0 Å². The quantitative estimate of drug-likeness (QED) is 0.435. The number of thiazole rings is 1. The van der Waals surface area contributed by atoms with Gasteiger partial charge in [-0.15, -0.1) is 11.3 Å². The SMILES string of the molecule is COC(=O)CCCCCn1c(O)c(C2=c3cc(C)ccc3=NC2=O)sc1=S. The minimum absolute atomic E-state index is 0.00544. The number of benzene rings is 1. The Hall–Kier alpha value is -2.32. The number of hydrogen-bond acceptors (Lipinski definition) is 6. The fraction of sp³-hybridized carbons (Fsp3) is 0.368. The van der Waals surface area contributed by atoms with Crippen molar-refractivity contribution in [1.29, 1.82) is 0 Å². The molecule has 1 aliphatic heterocycles. The lowest BCUT2D eigenvalue weighted by Crippen LogP contribution is -2.23. The fourth-order valence-corrected chi connectivity index (χ4v) is 4.41. The summed E-state index contributed by atoms with van der Waals surface area (Å²) in [5, 5.41) is 12.0. The molecule has 1 aromatic heterocycles. The number of unbranched alkanes of at least 4 members (excludes halogenated alkanes) is 2. The number of aryl methyl sites for hydroxylation is 1. The number of fused-ring (bicyclic) bond motifs is 1. The van der Waals surface area contributed by atoms with Crippen LogP contribution in [0.1, 0.15) is 36.1 Å². The summed E-state index contributed by atoms with van der Waals surface area (Å²) in [6, 6.07) is 5.61. The van der Waals surface area contributed by atoms with Crippen LogP contribution in [-0.4, -0.2) is 28.7 Å². The minimum atomic E-state index is -0.354. The van der Waals surface area contributed by atoms with Gasteiger partial charge in [0.25, 0.3) is 5.91 Å². The summed E-state index contributed by atoms with van der Waals surface area (Å²) in [6.45, 7) is 2.48. The Balaban J connectivity index is 1.84. The average molecular weight is 405 g/mol. The lowest BCUT2D eigenvalue weighted by molar-refractivity contribution is -0.140. The van der Waals surface area contributed by atoms with E-state index in [0.29, 0.717) is 32.7 Å². The van der Waals surface area contributed by atoms with E-state index in [2.05, 4.69) is 9.73 Å². The highest BCUT2D eigenvalue weighted by Crippen LogP contribution is 2.32. The Kier molecular flexibility index (Phi) is 5.86. The molecule has 0 bridgehead atoms. The zero-order valence-electron chi connectivity index (χ0n) is 15.2. The number of amides is 1. The summed E-state index contributed by atoms with van der Waals surface area (Å²) < 4.78 is 6.77. The Bertz CT molecular complexity index is 1080. The number of carbonyl (C=O) groups excluding carboxylic acids is 2. The van der Waals surface area contributed by atoms with E-state index in [9.17, 15) is 14.7 Å². The van der Waals surface area contributed by atoms with Crippen molar-refractivity contribution in [3.8, 4) is 5.88 Å². The molecule has 0 spiro atoms. The van der Waals surface area contributed by atoms with Gasteiger partial charge in [0.2, 0.25) is 5.88 Å². The Labute approximate surface area is 165 Å². The predicted octanol–water partition coefficient (Wildman–Crippen LogP) is 2.39. The molecule has 0 radical (unpaired) electrons. The molecule has 1 amide bonds. The summed E-state index contributed by atoms with van der Waals surface area (Å²) in [5.74, 6) is -0.570. The molecule has 0 aliphatic carbocycles. The maximum absolute atomic E-state index is 12.4. The highest BCUT2D eigenvalue weighted by atomic mass is 32.1. The van der Waals surface area contributed by atoms with E-state index in [1.165, 1.54) is 18.4 Å². The number of ether oxygens (including phenoxy) is 1. The van der Waals surface area contributed by atoms with Crippen LogP contribution in [0.3, 0.4) is 0 Å². The van der Waals surface area contributed by atoms with Gasteiger partial charge in [-0.25, -0.2) is 4.99 Å². The van der Waals surface area contributed by atoms with Gasteiger partial charge in [-0.05, 0) is 44.1 Å². The maximum atomic E-state index is 12.4. The number of aromatic hydroxyl groups is 1. The molecule has 6 nitrogen and oxygen atoms in total. The number of carbonyl (C=O) groups is 2. The van der Waals surface area contributed by atoms with E-state index in [1.807, 2.05) is 25.1 Å². The lowest BCUT2D eigenvalue weighted by Gasteiger charge is -2.05. The van der Waals surface area contributed by atoms with E-state index < -0.39 is 0 Å². The van der Waals surface area contributed by atoms with Gasteiger partial charge in [0.15, 0.2) is 3.95 Å². The van der Waals surface area contributed by atoms with Crippen molar-refractivity contribution in [3.63, 3.8) is 0 Å². The molecule has 3 rings (SSSR count). The van der Waals surface area contributed by atoms with Crippen molar-refractivity contribution in [3.05, 3.63) is 43.2 Å². The zero-order chi connectivity index (χ0) is 19.6. The molecule has 2 aromatic rings. The maximum Gasteiger partial charge on any atom is 0.305 e. The topological polar surface area (TPSA) is 80.9 Å². The van der Waals surface area contributed by atoms with E-state index in [-0.39, 0.29) is 17.8 Å². The molecule has 142 valence electrons. The number of methoxy groups -OCH3 is 1. The third-order valence-corrected chi connectivity index (χ3v) is 5.90. The van der Waals surface area contributed by atoms with Crippen molar-refractivity contribution in [2.75, 3.05) is 7.11 Å². The van der Waals surface area contributed by atoms with Gasteiger partial charge in [0.05, 0.1) is 18.0 Å². The molecule has 1 aromatic carbocycles. The second-order valence-corrected chi connectivity index (χ2v) is 8.02. The highest BCUT2D eigenvalue weighted by Gasteiger charge is 2.25. The Morgan fingerprint density at radius 3 is 2.85 bits per heavy atom. The number of esters is 1. The molecule has 0 atom stereocenters. The van der Waals surface area contributed by atoms with Crippen molar-refractivity contribution < 1.29 is 19.4 Å². The van der Waals surface area contributed by atoms with Crippen molar-refractivity contribution in [1.82, 2.24) is 4.57 Å². The molecule has 0 saturated heterocycles. The Morgan fingerprint density at radius 1 is 1.33 bits per heavy atom. The first-order chi connectivity index (χ1) is 12.9. The molecule has 0 saturated carbocycles. The van der Waals surface area contributed by atoms with Gasteiger partial charge in [-0.1, -0.05) is 18.1 Å². The van der Waals surface area contributed by atoms with Crippen LogP contribution in [0.25, 0.3) is 5.57 Å². The van der Waals surface area contributed by atoms with Gasteiger partial charge in [0, 0.05) is 18.2 Å². The molecule has 1 aliphatic rings. The van der Waals surface area contributed by atoms with Crippen LogP contribution in [0, 0.1) is 10.9 Å². The molecular formula is C19H20N2O4S2. The van der Waals surface area contributed by atoms with Gasteiger partial charge in [-0.2, -0.15) is 0 Å². The number of rotatable bonds is 7. The van der Waals surface area contributed by atoms with E-state index in [4.69, 9.17) is 12.2 Å². The monoisotopic (exact) mass is 404 g/mol. The van der Waals surface area contributed by atoms with Gasteiger partial charge in [0.1, 0.15) is 4.88 Å². The standard InChI is InChI=1S/C19H20N2O4S2/c1-11-7-8-13-12(10-11)15(17(23)20-13)16-18(24)21(19(26)27-16)9-5-3-4-6-14(22)25-2/h7-8,10,24H,3-6,9H2,1-2H3. The normalized spacial score (nSPS) is 12.8. The second-order valence-electron chi connectivity index (χ2n) is 6.37. The van der Waals surface area contributed by atoms with Crippen molar-refractivity contribution in [2.24, 2.45) is 4.99 Å². The van der Waals surface area contributed by atoms with Crippen molar-refractivity contribution >= 4 is 41.0 Å². The molecular weight excluding hydrogens is 384 g/mol. The minimum Gasteiger partial charge on any atom is -0.493 e. The smallest absolute Gasteiger partial charge is 0.305 e. The van der Waals surface area contributed by atoms with Crippen LogP contribution in [-0.2, 0) is 20.9 Å². The predicted molar refractivity (Wildman–Crippen MR) is 105 cm³/mol. The second kappa shape index (κ2) is 8.14. The van der Waals surface area contributed by atoms with Gasteiger partial charge < -0.3 is 9.84 Å². The van der Waals surface area contributed by atoms with E-state index in [0.717, 1.165) is 30.0 Å². The third-order valence-electron chi connectivity index (χ3n) is 4.44. The number of nitrogens with zero attached hydrogens (tertiary/aromatic N) is 2. The molecule has 27 heavy (non-hydrogen) atoms. The third kappa shape index (κ3) is 4.01. The van der Waals surface area contributed by atoms with Crippen LogP contribution < -0.4 is 10.6 Å². The van der Waals surface area contributed by atoms with E-state index >= 15 is 0 Å². The van der Waals surface area contributed by atoms with E-state index in [1.54, 1.807) is 4.57 Å².